The number of hydrogen-bond acceptors (Lipinski definition) is 6. The molecule has 0 radical (unpaired) electrons. The molecule has 0 bridgehead atoms. The van der Waals surface area contributed by atoms with E-state index in [9.17, 15) is 18.5 Å². The second-order valence-electron chi connectivity index (χ2n) is 5.06. The minimum Gasteiger partial charge on any atom is -0.378 e. The van der Waals surface area contributed by atoms with Crippen LogP contribution in [0.25, 0.3) is 0 Å². The second kappa shape index (κ2) is 11.1. The van der Waals surface area contributed by atoms with E-state index < -0.39 is 14.8 Å². The molecule has 1 rings (SSSR count). The smallest absolute Gasteiger partial charge is 0.293 e. The number of aliphatic imine (C=N–C) groups is 1. The average Bonchev–Trinajstić information content (AvgIpc) is 2.53. The third kappa shape index (κ3) is 7.86. The zero-order chi connectivity index (χ0) is 18.2. The quantitative estimate of drug-likeness (QED) is 0.128. The van der Waals surface area contributed by atoms with Crippen LogP contribution in [0.15, 0.2) is 28.1 Å². The van der Waals surface area contributed by atoms with Crippen LogP contribution in [0.4, 0.5) is 11.4 Å². The number of benzene rings is 1. The van der Waals surface area contributed by atoms with Gasteiger partial charge in [-0.1, -0.05) is 6.92 Å². The summed E-state index contributed by atoms with van der Waals surface area (Å²) in [6.45, 7) is 3.74. The third-order valence-electron chi connectivity index (χ3n) is 3.09. The van der Waals surface area contributed by atoms with E-state index in [2.05, 4.69) is 20.9 Å². The molecule has 0 aromatic heterocycles. The number of rotatable bonds is 8. The Kier molecular flexibility index (Phi) is 10.4. The molecule has 0 aliphatic heterocycles. The first-order valence-corrected chi connectivity index (χ1v) is 9.35. The summed E-state index contributed by atoms with van der Waals surface area (Å²) in [4.78, 5) is 14.5. The predicted molar refractivity (Wildman–Crippen MR) is 110 cm³/mol. The number of hydrogen-bond donors (Lipinski definition) is 3. The van der Waals surface area contributed by atoms with E-state index in [1.807, 2.05) is 6.92 Å². The molecule has 9 nitrogen and oxygen atoms in total. The van der Waals surface area contributed by atoms with Gasteiger partial charge in [0.25, 0.3) is 5.69 Å². The Morgan fingerprint density at radius 2 is 1.88 bits per heavy atom. The summed E-state index contributed by atoms with van der Waals surface area (Å²) in [5, 5.41) is 20.2. The van der Waals surface area contributed by atoms with Crippen molar-refractivity contribution in [2.24, 2.45) is 4.99 Å². The van der Waals surface area contributed by atoms with E-state index in [0.717, 1.165) is 25.3 Å². The van der Waals surface area contributed by atoms with Crippen molar-refractivity contribution in [2.45, 2.75) is 18.2 Å². The van der Waals surface area contributed by atoms with Crippen molar-refractivity contribution < 1.29 is 13.3 Å². The average molecular weight is 485 g/mol. The minimum absolute atomic E-state index is 0. The number of nitro groups is 1. The molecule has 0 atom stereocenters. The van der Waals surface area contributed by atoms with Gasteiger partial charge in [-0.25, -0.2) is 8.42 Å². The lowest BCUT2D eigenvalue weighted by molar-refractivity contribution is -0.384. The molecule has 0 spiro atoms. The summed E-state index contributed by atoms with van der Waals surface area (Å²) in [6, 6.07) is 3.81. The summed E-state index contributed by atoms with van der Waals surface area (Å²) in [5.41, 5.74) is -0.00267. The van der Waals surface area contributed by atoms with Gasteiger partial charge in [-0.15, -0.1) is 24.0 Å². The van der Waals surface area contributed by atoms with Gasteiger partial charge in [-0.05, 0) is 18.6 Å². The monoisotopic (exact) mass is 485 g/mol. The molecule has 0 amide bonds. The van der Waals surface area contributed by atoms with Crippen LogP contribution in [0.3, 0.4) is 0 Å². The number of sulfone groups is 1. The van der Waals surface area contributed by atoms with E-state index in [-0.39, 0.29) is 40.2 Å². The molecule has 0 unspecified atom stereocenters. The van der Waals surface area contributed by atoms with Crippen LogP contribution >= 0.6 is 24.0 Å². The first kappa shape index (κ1) is 23.4. The van der Waals surface area contributed by atoms with Crippen molar-refractivity contribution in [3.05, 3.63) is 28.3 Å². The molecule has 0 heterocycles. The van der Waals surface area contributed by atoms with E-state index in [1.165, 1.54) is 12.1 Å². The van der Waals surface area contributed by atoms with Gasteiger partial charge in [-0.2, -0.15) is 0 Å². The SMILES string of the molecule is CCCNC(=NC)NCCNc1ccc(S(C)(=O)=O)cc1[N+](=O)[O-].I. The Balaban J connectivity index is 0.00000576. The Morgan fingerprint density at radius 3 is 2.40 bits per heavy atom. The van der Waals surface area contributed by atoms with Gasteiger partial charge in [0, 0.05) is 39.0 Å². The van der Waals surface area contributed by atoms with Crippen LogP contribution in [0.1, 0.15) is 13.3 Å². The van der Waals surface area contributed by atoms with Crippen molar-refractivity contribution in [1.29, 1.82) is 0 Å². The summed E-state index contributed by atoms with van der Waals surface area (Å²) in [5.74, 6) is 0.653. The molecule has 0 aliphatic carbocycles. The molecular formula is C14H24IN5O4S. The lowest BCUT2D eigenvalue weighted by Crippen LogP contribution is -2.39. The fourth-order valence-corrected chi connectivity index (χ4v) is 2.53. The van der Waals surface area contributed by atoms with Gasteiger partial charge >= 0.3 is 0 Å². The Bertz CT molecular complexity index is 709. The Hall–Kier alpha value is -1.63. The van der Waals surface area contributed by atoms with E-state index in [0.29, 0.717) is 19.0 Å². The first-order valence-electron chi connectivity index (χ1n) is 7.46. The molecule has 0 saturated carbocycles. The van der Waals surface area contributed by atoms with Gasteiger partial charge in [0.2, 0.25) is 0 Å². The minimum atomic E-state index is -3.49. The van der Waals surface area contributed by atoms with E-state index in [1.54, 1.807) is 7.05 Å². The first-order chi connectivity index (χ1) is 11.3. The normalized spacial score (nSPS) is 11.4. The Labute approximate surface area is 164 Å². The molecule has 25 heavy (non-hydrogen) atoms. The lowest BCUT2D eigenvalue weighted by Gasteiger charge is -2.12. The molecule has 0 aliphatic rings. The second-order valence-corrected chi connectivity index (χ2v) is 7.08. The summed E-state index contributed by atoms with van der Waals surface area (Å²) < 4.78 is 23.0. The Morgan fingerprint density at radius 1 is 1.24 bits per heavy atom. The van der Waals surface area contributed by atoms with E-state index >= 15 is 0 Å². The molecule has 11 heteroatoms. The highest BCUT2D eigenvalue weighted by Gasteiger charge is 2.18. The third-order valence-corrected chi connectivity index (χ3v) is 4.20. The van der Waals surface area contributed by atoms with Crippen LogP contribution in [0.5, 0.6) is 0 Å². The van der Waals surface area contributed by atoms with E-state index in [4.69, 9.17) is 0 Å². The van der Waals surface area contributed by atoms with Gasteiger partial charge in [0.1, 0.15) is 5.69 Å². The van der Waals surface area contributed by atoms with Crippen molar-refractivity contribution in [2.75, 3.05) is 38.3 Å². The van der Waals surface area contributed by atoms with Crippen molar-refractivity contribution in [1.82, 2.24) is 10.6 Å². The topological polar surface area (TPSA) is 126 Å². The van der Waals surface area contributed by atoms with Crippen molar-refractivity contribution >= 4 is 51.1 Å². The predicted octanol–water partition coefficient (Wildman–Crippen LogP) is 1.60. The molecule has 1 aromatic carbocycles. The van der Waals surface area contributed by atoms with Crippen molar-refractivity contribution in [3.63, 3.8) is 0 Å². The number of anilines is 1. The maximum absolute atomic E-state index is 11.5. The van der Waals surface area contributed by atoms with Gasteiger partial charge in [0.05, 0.1) is 9.82 Å². The molecular weight excluding hydrogens is 461 g/mol. The molecule has 142 valence electrons. The zero-order valence-electron chi connectivity index (χ0n) is 14.4. The lowest BCUT2D eigenvalue weighted by atomic mass is 10.2. The van der Waals surface area contributed by atoms with Crippen molar-refractivity contribution in [3.8, 4) is 0 Å². The molecule has 3 N–H and O–H groups in total. The highest BCUT2D eigenvalue weighted by molar-refractivity contribution is 14.0. The van der Waals surface area contributed by atoms with Crippen LogP contribution in [0, 0.1) is 10.1 Å². The number of nitro benzene ring substituents is 1. The molecule has 0 saturated heterocycles. The summed E-state index contributed by atoms with van der Waals surface area (Å²) in [6.07, 6.45) is 1.98. The zero-order valence-corrected chi connectivity index (χ0v) is 17.6. The van der Waals surface area contributed by atoms with Gasteiger partial charge in [-0.3, -0.25) is 15.1 Å². The summed E-state index contributed by atoms with van der Waals surface area (Å²) in [7, 11) is -1.83. The largest absolute Gasteiger partial charge is 0.378 e. The van der Waals surface area contributed by atoms with Crippen LogP contribution < -0.4 is 16.0 Å². The van der Waals surface area contributed by atoms with Gasteiger partial charge in [0.15, 0.2) is 15.8 Å². The fraction of sp³-hybridized carbons (Fsp3) is 0.500. The standard InChI is InChI=1S/C14H23N5O4S.HI/c1-4-7-17-14(15-2)18-9-8-16-12-6-5-11(24(3,22)23)10-13(12)19(20)21;/h5-6,10,16H,4,7-9H2,1-3H3,(H2,15,17,18);1H. The molecule has 0 fully saturated rings. The number of nitrogens with zero attached hydrogens (tertiary/aromatic N) is 2. The van der Waals surface area contributed by atoms with Crippen LogP contribution in [0.2, 0.25) is 0 Å². The maximum Gasteiger partial charge on any atom is 0.293 e. The van der Waals surface area contributed by atoms with Crippen LogP contribution in [-0.4, -0.2) is 52.2 Å². The summed E-state index contributed by atoms with van der Waals surface area (Å²) >= 11 is 0. The highest BCUT2D eigenvalue weighted by atomic mass is 127. The van der Waals surface area contributed by atoms with Gasteiger partial charge < -0.3 is 16.0 Å². The number of halogens is 1. The van der Waals surface area contributed by atoms with Crippen LogP contribution in [-0.2, 0) is 9.84 Å². The highest BCUT2D eigenvalue weighted by Crippen LogP contribution is 2.27. The fourth-order valence-electron chi connectivity index (χ4n) is 1.88. The maximum atomic E-state index is 11.5. The number of nitrogens with one attached hydrogen (secondary N) is 3. The molecule has 1 aromatic rings. The number of guanidine groups is 1.